The number of thiazole rings is 1. The number of carbonyl (C=O) groups excluding carboxylic acids is 1. The van der Waals surface area contributed by atoms with Gasteiger partial charge >= 0.3 is 0 Å². The molecule has 1 heterocycles. The van der Waals surface area contributed by atoms with E-state index in [4.69, 9.17) is 11.6 Å². The Kier molecular flexibility index (Phi) is 7.02. The summed E-state index contributed by atoms with van der Waals surface area (Å²) in [5.74, 6) is 0.567. The maximum Gasteiger partial charge on any atom is 0.263 e. The zero-order chi connectivity index (χ0) is 17.4. The molecule has 24 heavy (non-hydrogen) atoms. The summed E-state index contributed by atoms with van der Waals surface area (Å²) in [7, 11) is 1.70. The lowest BCUT2D eigenvalue weighted by molar-refractivity contribution is 0.0957. The van der Waals surface area contributed by atoms with E-state index in [2.05, 4.69) is 25.9 Å². The molecule has 2 aromatic rings. The maximum absolute atomic E-state index is 12.0. The first-order valence-electron chi connectivity index (χ1n) is 7.47. The molecule has 3 N–H and O–H groups in total. The van der Waals surface area contributed by atoms with Crippen molar-refractivity contribution in [1.29, 1.82) is 0 Å². The van der Waals surface area contributed by atoms with Crippen molar-refractivity contribution in [3.63, 3.8) is 0 Å². The Labute approximate surface area is 150 Å². The van der Waals surface area contributed by atoms with Gasteiger partial charge in [0, 0.05) is 31.7 Å². The van der Waals surface area contributed by atoms with Gasteiger partial charge in [0.2, 0.25) is 0 Å². The molecule has 2 rings (SSSR count). The quantitative estimate of drug-likeness (QED) is 0.416. The van der Waals surface area contributed by atoms with Crippen molar-refractivity contribution in [2.45, 2.75) is 13.5 Å². The van der Waals surface area contributed by atoms with Crippen LogP contribution < -0.4 is 16.0 Å². The minimum atomic E-state index is -0.0985. The van der Waals surface area contributed by atoms with E-state index in [-0.39, 0.29) is 5.91 Å². The second kappa shape index (κ2) is 9.24. The van der Waals surface area contributed by atoms with E-state index < -0.39 is 0 Å². The highest BCUT2D eigenvalue weighted by Gasteiger charge is 2.10. The van der Waals surface area contributed by atoms with Gasteiger partial charge in [0.25, 0.3) is 5.91 Å². The number of rotatable bonds is 6. The summed E-state index contributed by atoms with van der Waals surface area (Å²) in [5.41, 5.74) is 3.49. The highest BCUT2D eigenvalue weighted by Crippen LogP contribution is 2.11. The Morgan fingerprint density at radius 2 is 2.08 bits per heavy atom. The van der Waals surface area contributed by atoms with Crippen molar-refractivity contribution in [2.24, 2.45) is 4.99 Å². The molecule has 0 radical (unpaired) electrons. The summed E-state index contributed by atoms with van der Waals surface area (Å²) in [6.45, 7) is 3.50. The van der Waals surface area contributed by atoms with E-state index in [1.165, 1.54) is 11.3 Å². The van der Waals surface area contributed by atoms with Crippen LogP contribution in [0.15, 0.2) is 34.8 Å². The molecule has 0 bridgehead atoms. The number of amides is 1. The van der Waals surface area contributed by atoms with Gasteiger partial charge in [0.05, 0.1) is 11.2 Å². The average Bonchev–Trinajstić information content (AvgIpc) is 3.00. The molecule has 1 aromatic heterocycles. The largest absolute Gasteiger partial charge is 0.355 e. The second-order valence-corrected chi connectivity index (χ2v) is 6.30. The molecule has 8 heteroatoms. The molecule has 1 amide bonds. The van der Waals surface area contributed by atoms with E-state index in [1.807, 2.05) is 31.2 Å². The van der Waals surface area contributed by atoms with Crippen LogP contribution in [0.3, 0.4) is 0 Å². The molecule has 0 aliphatic carbocycles. The number of aliphatic imine (C=N–C) groups is 1. The molecular weight excluding hydrogens is 346 g/mol. The van der Waals surface area contributed by atoms with Crippen LogP contribution in [-0.4, -0.2) is 37.0 Å². The third-order valence-electron chi connectivity index (χ3n) is 3.23. The third-order valence-corrected chi connectivity index (χ3v) is 4.39. The Balaban J connectivity index is 1.70. The fourth-order valence-electron chi connectivity index (χ4n) is 2.01. The molecule has 0 aliphatic heterocycles. The van der Waals surface area contributed by atoms with Crippen LogP contribution in [0.4, 0.5) is 0 Å². The number of aromatic nitrogens is 1. The Morgan fingerprint density at radius 3 is 2.75 bits per heavy atom. The Bertz CT molecular complexity index is 716. The number of nitrogens with zero attached hydrogens (tertiary/aromatic N) is 2. The zero-order valence-electron chi connectivity index (χ0n) is 13.6. The molecule has 0 fully saturated rings. The lowest BCUT2D eigenvalue weighted by Crippen LogP contribution is -2.41. The first-order chi connectivity index (χ1) is 11.6. The normalized spacial score (nSPS) is 11.2. The number of hydrogen-bond donors (Lipinski definition) is 3. The highest BCUT2D eigenvalue weighted by molar-refractivity contribution is 7.11. The van der Waals surface area contributed by atoms with Gasteiger partial charge in [0.1, 0.15) is 4.88 Å². The van der Waals surface area contributed by atoms with Crippen molar-refractivity contribution in [3.8, 4) is 0 Å². The molecular formula is C16H20ClN5OS. The molecule has 0 spiro atoms. The van der Waals surface area contributed by atoms with E-state index >= 15 is 0 Å². The van der Waals surface area contributed by atoms with Crippen LogP contribution in [0, 0.1) is 6.92 Å². The molecule has 1 aromatic carbocycles. The molecule has 128 valence electrons. The van der Waals surface area contributed by atoms with Gasteiger partial charge in [-0.15, -0.1) is 11.3 Å². The molecule has 0 aliphatic rings. The van der Waals surface area contributed by atoms with Crippen LogP contribution >= 0.6 is 22.9 Å². The molecule has 6 nitrogen and oxygen atoms in total. The summed E-state index contributed by atoms with van der Waals surface area (Å²) in [5, 5.41) is 9.91. The predicted molar refractivity (Wildman–Crippen MR) is 98.8 cm³/mol. The van der Waals surface area contributed by atoms with Gasteiger partial charge < -0.3 is 16.0 Å². The van der Waals surface area contributed by atoms with Gasteiger partial charge in [-0.3, -0.25) is 9.79 Å². The van der Waals surface area contributed by atoms with Gasteiger partial charge in [0.15, 0.2) is 5.96 Å². The van der Waals surface area contributed by atoms with Gasteiger partial charge in [-0.1, -0.05) is 23.7 Å². The van der Waals surface area contributed by atoms with Crippen LogP contribution in [-0.2, 0) is 6.54 Å². The maximum atomic E-state index is 12.0. The fraction of sp³-hybridized carbons (Fsp3) is 0.312. The number of hydrogen-bond acceptors (Lipinski definition) is 4. The summed E-state index contributed by atoms with van der Waals surface area (Å²) >= 11 is 7.30. The number of halogens is 1. The SMILES string of the molecule is CN=C(NCCNC(=O)c1scnc1C)NCc1cccc(Cl)c1. The number of nitrogens with one attached hydrogen (secondary N) is 3. The summed E-state index contributed by atoms with van der Waals surface area (Å²) in [4.78, 5) is 20.8. The first-order valence-corrected chi connectivity index (χ1v) is 8.73. The van der Waals surface area contributed by atoms with Crippen molar-refractivity contribution in [3.05, 3.63) is 50.9 Å². The number of benzene rings is 1. The number of aryl methyl sites for hydroxylation is 1. The lowest BCUT2D eigenvalue weighted by Gasteiger charge is -2.12. The minimum absolute atomic E-state index is 0.0985. The van der Waals surface area contributed by atoms with Crippen molar-refractivity contribution in [2.75, 3.05) is 20.1 Å². The smallest absolute Gasteiger partial charge is 0.263 e. The molecule has 0 saturated carbocycles. The van der Waals surface area contributed by atoms with Crippen LogP contribution in [0.5, 0.6) is 0 Å². The molecule has 0 saturated heterocycles. The van der Waals surface area contributed by atoms with E-state index in [0.717, 1.165) is 11.3 Å². The van der Waals surface area contributed by atoms with Crippen LogP contribution in [0.2, 0.25) is 5.02 Å². The fourth-order valence-corrected chi connectivity index (χ4v) is 2.94. The van der Waals surface area contributed by atoms with E-state index in [9.17, 15) is 4.79 Å². The van der Waals surface area contributed by atoms with Crippen molar-refractivity contribution in [1.82, 2.24) is 20.9 Å². The molecule has 0 atom stereocenters. The third kappa shape index (κ3) is 5.50. The Morgan fingerprint density at radius 1 is 1.29 bits per heavy atom. The average molecular weight is 366 g/mol. The predicted octanol–water partition coefficient (Wildman–Crippen LogP) is 2.20. The zero-order valence-corrected chi connectivity index (χ0v) is 15.2. The van der Waals surface area contributed by atoms with E-state index in [1.54, 1.807) is 12.6 Å². The lowest BCUT2D eigenvalue weighted by atomic mass is 10.2. The summed E-state index contributed by atoms with van der Waals surface area (Å²) in [6, 6.07) is 7.64. The van der Waals surface area contributed by atoms with Gasteiger partial charge in [-0.05, 0) is 24.6 Å². The number of guanidine groups is 1. The van der Waals surface area contributed by atoms with E-state index in [0.29, 0.717) is 35.5 Å². The first kappa shape index (κ1) is 18.2. The topological polar surface area (TPSA) is 78.4 Å². The monoisotopic (exact) mass is 365 g/mol. The minimum Gasteiger partial charge on any atom is -0.355 e. The van der Waals surface area contributed by atoms with Crippen LogP contribution in [0.25, 0.3) is 0 Å². The van der Waals surface area contributed by atoms with Crippen molar-refractivity contribution < 1.29 is 4.79 Å². The van der Waals surface area contributed by atoms with Crippen LogP contribution in [0.1, 0.15) is 20.9 Å². The second-order valence-electron chi connectivity index (χ2n) is 5.01. The van der Waals surface area contributed by atoms with Crippen molar-refractivity contribution >= 4 is 34.8 Å². The van der Waals surface area contributed by atoms with Gasteiger partial charge in [-0.25, -0.2) is 4.98 Å². The summed E-state index contributed by atoms with van der Waals surface area (Å²) < 4.78 is 0. The standard InChI is InChI=1S/C16H20ClN5OS/c1-11-14(24-10-22-11)15(23)19-6-7-20-16(18-2)21-9-12-4-3-5-13(17)8-12/h3-5,8,10H,6-7,9H2,1-2H3,(H,19,23)(H2,18,20,21). The van der Waals surface area contributed by atoms with Gasteiger partial charge in [-0.2, -0.15) is 0 Å². The molecule has 0 unspecified atom stereocenters. The highest BCUT2D eigenvalue weighted by atomic mass is 35.5. The number of carbonyl (C=O) groups is 1. The summed E-state index contributed by atoms with van der Waals surface area (Å²) in [6.07, 6.45) is 0. The Hall–Kier alpha value is -2.12.